The van der Waals surface area contributed by atoms with E-state index in [1.165, 1.54) is 55.0 Å². The van der Waals surface area contributed by atoms with Crippen LogP contribution in [0, 0.1) is 12.8 Å². The summed E-state index contributed by atoms with van der Waals surface area (Å²) in [5, 5.41) is 0. The largest absolute Gasteiger partial charge is 0.348 e. The maximum atomic E-state index is 6.25. The normalized spacial score (nSPS) is 25.1. The minimum Gasteiger partial charge on any atom is -0.348 e. The number of thioether (sulfide) groups is 1. The van der Waals surface area contributed by atoms with Crippen LogP contribution in [0.1, 0.15) is 48.7 Å². The van der Waals surface area contributed by atoms with Crippen LogP contribution in [0.25, 0.3) is 0 Å². The lowest BCUT2D eigenvalue weighted by Crippen LogP contribution is -2.22. The fraction of sp³-hybridized carbons (Fsp3) is 0.733. The summed E-state index contributed by atoms with van der Waals surface area (Å²) in [5.74, 6) is 3.60. The monoisotopic (exact) mass is 264 g/mol. The molecule has 3 rings (SSSR count). The van der Waals surface area contributed by atoms with Gasteiger partial charge in [-0.1, -0.05) is 0 Å². The molecule has 3 heteroatoms. The number of nitrogens with two attached hydrogens (primary N) is 1. The molecule has 100 valence electrons. The Kier molecular flexibility index (Phi) is 3.71. The first kappa shape index (κ1) is 12.6. The molecule has 1 unspecified atom stereocenters. The molecule has 0 radical (unpaired) electrons. The van der Waals surface area contributed by atoms with Crippen molar-refractivity contribution in [3.63, 3.8) is 0 Å². The number of hydrogen-bond donors (Lipinski definition) is 1. The third kappa shape index (κ3) is 2.35. The van der Waals surface area contributed by atoms with Crippen molar-refractivity contribution >= 4 is 11.8 Å². The first-order chi connectivity index (χ1) is 8.75. The van der Waals surface area contributed by atoms with Gasteiger partial charge < -0.3 is 10.3 Å². The average Bonchev–Trinajstić information content (AvgIpc) is 2.70. The summed E-state index contributed by atoms with van der Waals surface area (Å²) < 4.78 is 2.58. The summed E-state index contributed by atoms with van der Waals surface area (Å²) in [7, 11) is 0. The summed E-state index contributed by atoms with van der Waals surface area (Å²) in [6, 6.07) is 2.63. The van der Waals surface area contributed by atoms with Gasteiger partial charge in [-0.05, 0) is 68.1 Å². The quantitative estimate of drug-likeness (QED) is 0.888. The molecule has 1 aliphatic carbocycles. The van der Waals surface area contributed by atoms with E-state index in [9.17, 15) is 0 Å². The zero-order valence-electron chi connectivity index (χ0n) is 11.3. The van der Waals surface area contributed by atoms with E-state index < -0.39 is 0 Å². The molecule has 2 nitrogen and oxygen atoms in total. The minimum atomic E-state index is 0.288. The molecule has 2 heterocycles. The SMILES string of the molecule is Cc1cc2c(n1CC1CCSCC1)CCCC2N. The van der Waals surface area contributed by atoms with E-state index in [1.807, 2.05) is 0 Å². The smallest absolute Gasteiger partial charge is 0.0313 e. The fourth-order valence-electron chi connectivity index (χ4n) is 3.44. The molecule has 18 heavy (non-hydrogen) atoms. The standard InChI is InChI=1S/C15H24N2S/c1-11-9-13-14(16)3-2-4-15(13)17(11)10-12-5-7-18-8-6-12/h9,12,14H,2-8,10,16H2,1H3. The number of aryl methyl sites for hydroxylation is 1. The molecule has 2 N–H and O–H groups in total. The lowest BCUT2D eigenvalue weighted by molar-refractivity contribution is 0.401. The van der Waals surface area contributed by atoms with Crippen molar-refractivity contribution in [3.05, 3.63) is 23.0 Å². The predicted molar refractivity (Wildman–Crippen MR) is 79.1 cm³/mol. The van der Waals surface area contributed by atoms with Gasteiger partial charge in [-0.2, -0.15) is 11.8 Å². The van der Waals surface area contributed by atoms with Crippen LogP contribution in [-0.2, 0) is 13.0 Å². The predicted octanol–water partition coefficient (Wildman–Crippen LogP) is 3.28. The molecule has 2 aliphatic rings. The highest BCUT2D eigenvalue weighted by atomic mass is 32.2. The van der Waals surface area contributed by atoms with Crippen LogP contribution in [0.2, 0.25) is 0 Å². The van der Waals surface area contributed by atoms with Gasteiger partial charge in [-0.15, -0.1) is 0 Å². The fourth-order valence-corrected chi connectivity index (χ4v) is 4.65. The molecule has 0 bridgehead atoms. The van der Waals surface area contributed by atoms with Crippen molar-refractivity contribution in [1.82, 2.24) is 4.57 Å². The van der Waals surface area contributed by atoms with E-state index in [4.69, 9.17) is 5.73 Å². The van der Waals surface area contributed by atoms with Gasteiger partial charge in [0.15, 0.2) is 0 Å². The number of nitrogens with zero attached hydrogens (tertiary/aromatic N) is 1. The van der Waals surface area contributed by atoms with Crippen LogP contribution >= 0.6 is 11.8 Å². The number of fused-ring (bicyclic) bond motifs is 1. The van der Waals surface area contributed by atoms with Gasteiger partial charge in [-0.3, -0.25) is 0 Å². The Morgan fingerprint density at radius 1 is 1.33 bits per heavy atom. The lowest BCUT2D eigenvalue weighted by atomic mass is 9.93. The molecule has 0 saturated carbocycles. The summed E-state index contributed by atoms with van der Waals surface area (Å²) in [6.07, 6.45) is 6.44. The summed E-state index contributed by atoms with van der Waals surface area (Å²) >= 11 is 2.12. The van der Waals surface area contributed by atoms with Crippen molar-refractivity contribution in [2.45, 2.75) is 51.6 Å². The van der Waals surface area contributed by atoms with Gasteiger partial charge in [0.25, 0.3) is 0 Å². The summed E-state index contributed by atoms with van der Waals surface area (Å²) in [6.45, 7) is 3.48. The molecule has 1 atom stereocenters. The molecule has 0 spiro atoms. The second kappa shape index (κ2) is 5.30. The van der Waals surface area contributed by atoms with E-state index in [0.29, 0.717) is 0 Å². The van der Waals surface area contributed by atoms with Crippen LogP contribution in [0.5, 0.6) is 0 Å². The van der Waals surface area contributed by atoms with Crippen molar-refractivity contribution < 1.29 is 0 Å². The molecule has 1 saturated heterocycles. The van der Waals surface area contributed by atoms with Crippen molar-refractivity contribution in [1.29, 1.82) is 0 Å². The maximum absolute atomic E-state index is 6.25. The molecule has 1 aromatic heterocycles. The number of hydrogen-bond acceptors (Lipinski definition) is 2. The highest BCUT2D eigenvalue weighted by Crippen LogP contribution is 2.32. The first-order valence-corrected chi connectivity index (χ1v) is 8.43. The van der Waals surface area contributed by atoms with Crippen LogP contribution in [0.4, 0.5) is 0 Å². The Hall–Kier alpha value is -0.410. The maximum Gasteiger partial charge on any atom is 0.0313 e. The van der Waals surface area contributed by atoms with Crippen LogP contribution in [0.15, 0.2) is 6.07 Å². The molecule has 1 aliphatic heterocycles. The van der Waals surface area contributed by atoms with E-state index in [1.54, 1.807) is 5.69 Å². The van der Waals surface area contributed by atoms with Crippen molar-refractivity contribution in [2.24, 2.45) is 11.7 Å². The number of rotatable bonds is 2. The zero-order chi connectivity index (χ0) is 12.5. The molecule has 0 amide bonds. The summed E-state index contributed by atoms with van der Waals surface area (Å²) in [4.78, 5) is 0. The third-order valence-corrected chi connectivity index (χ3v) is 5.61. The second-order valence-corrected chi connectivity index (χ2v) is 7.08. The molecule has 0 aromatic carbocycles. The van der Waals surface area contributed by atoms with Crippen LogP contribution in [-0.4, -0.2) is 16.1 Å². The first-order valence-electron chi connectivity index (χ1n) is 7.28. The van der Waals surface area contributed by atoms with Crippen LogP contribution in [0.3, 0.4) is 0 Å². The Labute approximate surface area is 114 Å². The Morgan fingerprint density at radius 3 is 2.89 bits per heavy atom. The minimum absolute atomic E-state index is 0.288. The highest BCUT2D eigenvalue weighted by molar-refractivity contribution is 7.99. The van der Waals surface area contributed by atoms with Gasteiger partial charge in [-0.25, -0.2) is 0 Å². The molecule has 1 aromatic rings. The van der Waals surface area contributed by atoms with Gasteiger partial charge in [0.05, 0.1) is 0 Å². The zero-order valence-corrected chi connectivity index (χ0v) is 12.1. The highest BCUT2D eigenvalue weighted by Gasteiger charge is 2.24. The Balaban J connectivity index is 1.82. The Morgan fingerprint density at radius 2 is 2.11 bits per heavy atom. The molecule has 1 fully saturated rings. The topological polar surface area (TPSA) is 30.9 Å². The lowest BCUT2D eigenvalue weighted by Gasteiger charge is -2.26. The molecular formula is C15H24N2S. The van der Waals surface area contributed by atoms with Crippen LogP contribution < -0.4 is 5.73 Å². The van der Waals surface area contributed by atoms with E-state index in [2.05, 4.69) is 29.3 Å². The van der Waals surface area contributed by atoms with Gasteiger partial charge >= 0.3 is 0 Å². The van der Waals surface area contributed by atoms with E-state index in [-0.39, 0.29) is 6.04 Å². The van der Waals surface area contributed by atoms with E-state index >= 15 is 0 Å². The van der Waals surface area contributed by atoms with E-state index in [0.717, 1.165) is 12.3 Å². The third-order valence-electron chi connectivity index (χ3n) is 4.56. The van der Waals surface area contributed by atoms with Crippen molar-refractivity contribution in [3.8, 4) is 0 Å². The Bertz CT molecular complexity index is 418. The van der Waals surface area contributed by atoms with Crippen molar-refractivity contribution in [2.75, 3.05) is 11.5 Å². The second-order valence-electron chi connectivity index (χ2n) is 5.85. The molecular weight excluding hydrogens is 240 g/mol. The van der Waals surface area contributed by atoms with Gasteiger partial charge in [0.1, 0.15) is 0 Å². The van der Waals surface area contributed by atoms with Gasteiger partial charge in [0.2, 0.25) is 0 Å². The number of aromatic nitrogens is 1. The summed E-state index contributed by atoms with van der Waals surface area (Å²) in [5.41, 5.74) is 10.7. The average molecular weight is 264 g/mol. The van der Waals surface area contributed by atoms with Gasteiger partial charge in [0, 0.05) is 24.0 Å².